The monoisotopic (exact) mass is 354 g/mol. The molecule has 134 valence electrons. The summed E-state index contributed by atoms with van der Waals surface area (Å²) in [5, 5.41) is 0. The molecule has 0 saturated heterocycles. The zero-order valence-electron chi connectivity index (χ0n) is 14.3. The summed E-state index contributed by atoms with van der Waals surface area (Å²) in [5.74, 6) is 0.766. The van der Waals surface area contributed by atoms with Crippen LogP contribution in [-0.2, 0) is 4.79 Å². The van der Waals surface area contributed by atoms with Crippen LogP contribution in [-0.4, -0.2) is 22.4 Å². The van der Waals surface area contributed by atoms with Gasteiger partial charge in [0.15, 0.2) is 5.78 Å². The number of carbonyl (C=O) groups excluding carboxylic acids is 1. The Labute approximate surface area is 148 Å². The van der Waals surface area contributed by atoms with Crippen LogP contribution in [0.15, 0.2) is 45.2 Å². The second kappa shape index (κ2) is 6.33. The van der Waals surface area contributed by atoms with Crippen molar-refractivity contribution in [3.8, 4) is 11.6 Å². The van der Waals surface area contributed by atoms with E-state index in [9.17, 15) is 14.4 Å². The van der Waals surface area contributed by atoms with E-state index in [1.165, 1.54) is 0 Å². The van der Waals surface area contributed by atoms with Gasteiger partial charge in [0.25, 0.3) is 5.56 Å². The van der Waals surface area contributed by atoms with Gasteiger partial charge in [0.2, 0.25) is 5.88 Å². The van der Waals surface area contributed by atoms with E-state index in [1.807, 2.05) is 19.1 Å². The van der Waals surface area contributed by atoms with Gasteiger partial charge in [0, 0.05) is 18.4 Å². The van der Waals surface area contributed by atoms with E-state index < -0.39 is 17.2 Å². The molecule has 2 aromatic rings. The molecule has 26 heavy (non-hydrogen) atoms. The number of ether oxygens (including phenoxy) is 2. The van der Waals surface area contributed by atoms with Crippen LogP contribution in [0.1, 0.15) is 43.2 Å². The molecule has 2 N–H and O–H groups in total. The molecule has 1 unspecified atom stereocenters. The Morgan fingerprint density at radius 2 is 1.88 bits per heavy atom. The molecule has 0 radical (unpaired) electrons. The highest BCUT2D eigenvalue weighted by Crippen LogP contribution is 2.44. The summed E-state index contributed by atoms with van der Waals surface area (Å²) in [6.07, 6.45) is 1.71. The number of H-pyrrole nitrogens is 2. The summed E-state index contributed by atoms with van der Waals surface area (Å²) in [7, 11) is 0. The minimum atomic E-state index is -0.634. The van der Waals surface area contributed by atoms with Gasteiger partial charge in [-0.05, 0) is 31.0 Å². The van der Waals surface area contributed by atoms with Crippen LogP contribution in [0.4, 0.5) is 0 Å². The van der Waals surface area contributed by atoms with Gasteiger partial charge in [-0.1, -0.05) is 12.1 Å². The molecule has 0 spiro atoms. The summed E-state index contributed by atoms with van der Waals surface area (Å²) < 4.78 is 11.2. The number of aromatic nitrogens is 2. The average molecular weight is 354 g/mol. The summed E-state index contributed by atoms with van der Waals surface area (Å²) in [5.41, 5.74) is 0.351. The minimum Gasteiger partial charge on any atom is -0.494 e. The van der Waals surface area contributed by atoms with Crippen molar-refractivity contribution >= 4 is 5.78 Å². The van der Waals surface area contributed by atoms with E-state index in [0.29, 0.717) is 43.0 Å². The van der Waals surface area contributed by atoms with Crippen LogP contribution in [0.5, 0.6) is 11.6 Å². The SMILES string of the molecule is CCOc1ccc(C2C3=C(CCCC3=O)Oc3[nH]c(=O)[nH]c(=O)c32)cc1. The first-order valence-corrected chi connectivity index (χ1v) is 8.62. The van der Waals surface area contributed by atoms with Gasteiger partial charge in [-0.15, -0.1) is 0 Å². The predicted octanol–water partition coefficient (Wildman–Crippen LogP) is 1.99. The van der Waals surface area contributed by atoms with Crippen LogP contribution in [0.25, 0.3) is 0 Å². The summed E-state index contributed by atoms with van der Waals surface area (Å²) in [6, 6.07) is 7.28. The largest absolute Gasteiger partial charge is 0.494 e. The number of rotatable bonds is 3. The van der Waals surface area contributed by atoms with Crippen molar-refractivity contribution in [3.63, 3.8) is 0 Å². The Kier molecular flexibility index (Phi) is 3.99. The van der Waals surface area contributed by atoms with E-state index in [4.69, 9.17) is 9.47 Å². The second-order valence-corrected chi connectivity index (χ2v) is 6.30. The average Bonchev–Trinajstić information content (AvgIpc) is 2.61. The van der Waals surface area contributed by atoms with Crippen molar-refractivity contribution in [2.75, 3.05) is 6.61 Å². The van der Waals surface area contributed by atoms with Gasteiger partial charge < -0.3 is 9.47 Å². The van der Waals surface area contributed by atoms with Crippen LogP contribution in [0, 0.1) is 0 Å². The van der Waals surface area contributed by atoms with Crippen molar-refractivity contribution in [1.29, 1.82) is 0 Å². The molecule has 7 nitrogen and oxygen atoms in total. The molecule has 2 aliphatic rings. The van der Waals surface area contributed by atoms with Crippen molar-refractivity contribution in [2.24, 2.45) is 0 Å². The second-order valence-electron chi connectivity index (χ2n) is 6.30. The quantitative estimate of drug-likeness (QED) is 0.878. The number of hydrogen-bond acceptors (Lipinski definition) is 5. The molecule has 1 aliphatic carbocycles. The van der Waals surface area contributed by atoms with Gasteiger partial charge in [0.05, 0.1) is 18.1 Å². The third-order valence-corrected chi connectivity index (χ3v) is 4.68. The number of ketones is 1. The Bertz CT molecular complexity index is 1010. The number of Topliss-reactive ketones (excluding diaryl/α,β-unsaturated/α-hetero) is 1. The molecule has 0 saturated carbocycles. The van der Waals surface area contributed by atoms with Crippen LogP contribution in [0.2, 0.25) is 0 Å². The number of hydrogen-bond donors (Lipinski definition) is 2. The predicted molar refractivity (Wildman–Crippen MR) is 93.6 cm³/mol. The Hall–Kier alpha value is -3.09. The molecule has 0 bridgehead atoms. The van der Waals surface area contributed by atoms with Crippen molar-refractivity contribution in [2.45, 2.75) is 32.1 Å². The van der Waals surface area contributed by atoms with Crippen molar-refractivity contribution in [1.82, 2.24) is 9.97 Å². The van der Waals surface area contributed by atoms with E-state index in [2.05, 4.69) is 9.97 Å². The molecule has 1 aliphatic heterocycles. The lowest BCUT2D eigenvalue weighted by molar-refractivity contribution is -0.116. The fourth-order valence-electron chi connectivity index (χ4n) is 3.60. The molecule has 1 atom stereocenters. The van der Waals surface area contributed by atoms with Gasteiger partial charge in [-0.25, -0.2) is 4.79 Å². The molecule has 0 fully saturated rings. The smallest absolute Gasteiger partial charge is 0.328 e. The molecule has 4 rings (SSSR count). The maximum absolute atomic E-state index is 12.6. The summed E-state index contributed by atoms with van der Waals surface area (Å²) in [4.78, 5) is 41.6. The Morgan fingerprint density at radius 1 is 1.12 bits per heavy atom. The molecular weight excluding hydrogens is 336 g/mol. The molecule has 2 heterocycles. The third-order valence-electron chi connectivity index (χ3n) is 4.68. The van der Waals surface area contributed by atoms with Gasteiger partial charge in [-0.3, -0.25) is 19.6 Å². The van der Waals surface area contributed by atoms with Gasteiger partial charge >= 0.3 is 5.69 Å². The lowest BCUT2D eigenvalue weighted by atomic mass is 9.78. The molecule has 7 heteroatoms. The summed E-state index contributed by atoms with van der Waals surface area (Å²) >= 11 is 0. The minimum absolute atomic E-state index is 0.0265. The zero-order chi connectivity index (χ0) is 18.3. The summed E-state index contributed by atoms with van der Waals surface area (Å²) in [6.45, 7) is 2.45. The van der Waals surface area contributed by atoms with Gasteiger partial charge in [0.1, 0.15) is 11.5 Å². The lowest BCUT2D eigenvalue weighted by Crippen LogP contribution is -2.34. The highest BCUT2D eigenvalue weighted by molar-refractivity contribution is 5.99. The topological polar surface area (TPSA) is 101 Å². The van der Waals surface area contributed by atoms with Gasteiger partial charge in [-0.2, -0.15) is 0 Å². The van der Waals surface area contributed by atoms with Crippen molar-refractivity contribution < 1.29 is 14.3 Å². The number of allylic oxidation sites excluding steroid dienone is 2. The molecule has 1 aromatic carbocycles. The third kappa shape index (κ3) is 2.65. The normalized spacial score (nSPS) is 18.8. The molecule has 1 aromatic heterocycles. The zero-order valence-corrected chi connectivity index (χ0v) is 14.3. The number of benzene rings is 1. The number of carbonyl (C=O) groups is 1. The first-order chi connectivity index (χ1) is 12.6. The fourth-order valence-corrected chi connectivity index (χ4v) is 3.60. The molecule has 0 amide bonds. The number of nitrogens with one attached hydrogen (secondary N) is 2. The van der Waals surface area contributed by atoms with E-state index in [0.717, 1.165) is 5.56 Å². The maximum atomic E-state index is 12.6. The Balaban J connectivity index is 1.92. The number of aromatic amines is 2. The Morgan fingerprint density at radius 3 is 2.62 bits per heavy atom. The first-order valence-electron chi connectivity index (χ1n) is 8.62. The van der Waals surface area contributed by atoms with Crippen LogP contribution in [0.3, 0.4) is 0 Å². The lowest BCUT2D eigenvalue weighted by Gasteiger charge is -2.31. The van der Waals surface area contributed by atoms with Crippen LogP contribution >= 0.6 is 0 Å². The first kappa shape index (κ1) is 16.4. The number of fused-ring (bicyclic) bond motifs is 1. The maximum Gasteiger partial charge on any atom is 0.328 e. The molecular formula is C19H18N2O5. The highest BCUT2D eigenvalue weighted by Gasteiger charge is 2.39. The van der Waals surface area contributed by atoms with E-state index >= 15 is 0 Å². The van der Waals surface area contributed by atoms with Crippen molar-refractivity contribution in [3.05, 3.63) is 67.6 Å². The standard InChI is InChI=1S/C19H18N2O5/c1-2-25-11-8-6-10(7-9-11)14-15-12(22)4-3-5-13(15)26-18-16(14)17(23)20-19(24)21-18/h6-9,14H,2-5H2,1H3,(H2,20,21,23,24). The van der Waals surface area contributed by atoms with E-state index in [-0.39, 0.29) is 17.2 Å². The fraction of sp³-hybridized carbons (Fsp3) is 0.316. The highest BCUT2D eigenvalue weighted by atomic mass is 16.5. The van der Waals surface area contributed by atoms with E-state index in [1.54, 1.807) is 12.1 Å². The van der Waals surface area contributed by atoms with Crippen LogP contribution < -0.4 is 20.7 Å².